The summed E-state index contributed by atoms with van der Waals surface area (Å²) >= 11 is 3.39. The van der Waals surface area contributed by atoms with Gasteiger partial charge in [-0.15, -0.1) is 0 Å². The van der Waals surface area contributed by atoms with Crippen LogP contribution in [-0.4, -0.2) is 43.4 Å². The van der Waals surface area contributed by atoms with Crippen molar-refractivity contribution in [3.63, 3.8) is 0 Å². The van der Waals surface area contributed by atoms with Gasteiger partial charge in [-0.1, -0.05) is 15.9 Å². The molecule has 5 nitrogen and oxygen atoms in total. The van der Waals surface area contributed by atoms with Crippen LogP contribution in [0.5, 0.6) is 0 Å². The van der Waals surface area contributed by atoms with Crippen molar-refractivity contribution in [2.24, 2.45) is 0 Å². The Hall–Kier alpha value is -1.40. The second kappa shape index (κ2) is 8.01. The summed E-state index contributed by atoms with van der Waals surface area (Å²) in [5.74, 6) is -0.130. The van der Waals surface area contributed by atoms with Gasteiger partial charge in [-0.3, -0.25) is 14.5 Å². The first-order chi connectivity index (χ1) is 9.38. The number of benzene rings is 1. The molecule has 0 radical (unpaired) electrons. The first-order valence-electron chi connectivity index (χ1n) is 6.37. The molecule has 0 atom stereocenters. The van der Waals surface area contributed by atoms with E-state index < -0.39 is 0 Å². The zero-order valence-electron chi connectivity index (χ0n) is 12.0. The molecule has 0 aliphatic carbocycles. The van der Waals surface area contributed by atoms with Gasteiger partial charge in [0, 0.05) is 30.2 Å². The highest BCUT2D eigenvalue weighted by Gasteiger charge is 2.08. The van der Waals surface area contributed by atoms with E-state index in [4.69, 9.17) is 0 Å². The molecule has 0 bridgehead atoms. The summed E-state index contributed by atoms with van der Waals surface area (Å²) in [6, 6.07) is 5.72. The zero-order valence-corrected chi connectivity index (χ0v) is 13.6. The Morgan fingerprint density at radius 2 is 2.05 bits per heavy atom. The molecule has 0 heterocycles. The number of carbonyl (C=O) groups is 2. The second-order valence-corrected chi connectivity index (χ2v) is 5.64. The average molecular weight is 342 g/mol. The maximum absolute atomic E-state index is 11.9. The van der Waals surface area contributed by atoms with Crippen molar-refractivity contribution in [2.45, 2.75) is 13.8 Å². The van der Waals surface area contributed by atoms with Crippen LogP contribution in [0.2, 0.25) is 0 Å². The molecule has 0 aliphatic rings. The van der Waals surface area contributed by atoms with Gasteiger partial charge in [0.2, 0.25) is 11.8 Å². The first kappa shape index (κ1) is 16.7. The molecule has 0 saturated heterocycles. The summed E-state index contributed by atoms with van der Waals surface area (Å²) in [5.41, 5.74) is 1.82. The lowest BCUT2D eigenvalue weighted by Crippen LogP contribution is -2.36. The number of anilines is 1. The molecular weight excluding hydrogens is 322 g/mol. The Morgan fingerprint density at radius 1 is 1.35 bits per heavy atom. The number of likely N-dealkylation sites (N-methyl/N-ethyl adjacent to an activating group) is 1. The van der Waals surface area contributed by atoms with Crippen LogP contribution in [0.4, 0.5) is 5.69 Å². The second-order valence-electron chi connectivity index (χ2n) is 4.73. The minimum Gasteiger partial charge on any atom is -0.355 e. The Balaban J connectivity index is 2.41. The molecule has 0 aromatic heterocycles. The third kappa shape index (κ3) is 6.16. The summed E-state index contributed by atoms with van der Waals surface area (Å²) in [6.45, 7) is 4.88. The number of nitrogens with one attached hydrogen (secondary N) is 2. The van der Waals surface area contributed by atoms with E-state index in [1.54, 1.807) is 0 Å². The highest BCUT2D eigenvalue weighted by molar-refractivity contribution is 9.10. The third-order valence-corrected chi connectivity index (χ3v) is 3.24. The van der Waals surface area contributed by atoms with Gasteiger partial charge in [-0.05, 0) is 37.7 Å². The van der Waals surface area contributed by atoms with E-state index in [-0.39, 0.29) is 18.4 Å². The lowest BCUT2D eigenvalue weighted by atomic mass is 10.2. The van der Waals surface area contributed by atoms with Gasteiger partial charge in [0.15, 0.2) is 0 Å². The predicted molar refractivity (Wildman–Crippen MR) is 83.7 cm³/mol. The van der Waals surface area contributed by atoms with E-state index in [2.05, 4.69) is 26.6 Å². The Morgan fingerprint density at radius 3 is 2.65 bits per heavy atom. The summed E-state index contributed by atoms with van der Waals surface area (Å²) in [6.07, 6.45) is 0. The number of nitrogens with zero attached hydrogens (tertiary/aromatic N) is 1. The van der Waals surface area contributed by atoms with E-state index in [1.165, 1.54) is 6.92 Å². The normalized spacial score (nSPS) is 10.4. The number of halogens is 1. The van der Waals surface area contributed by atoms with Crippen molar-refractivity contribution in [3.05, 3.63) is 28.2 Å². The Labute approximate surface area is 127 Å². The molecule has 2 N–H and O–H groups in total. The third-order valence-electron chi connectivity index (χ3n) is 2.74. The van der Waals surface area contributed by atoms with Gasteiger partial charge in [0.05, 0.1) is 6.54 Å². The topological polar surface area (TPSA) is 61.4 Å². The average Bonchev–Trinajstić information content (AvgIpc) is 2.32. The molecule has 2 amide bonds. The minimum absolute atomic E-state index is 0.0617. The number of hydrogen-bond donors (Lipinski definition) is 2. The fraction of sp³-hybridized carbons (Fsp3) is 0.429. The fourth-order valence-electron chi connectivity index (χ4n) is 1.70. The van der Waals surface area contributed by atoms with Crippen LogP contribution in [0.15, 0.2) is 22.7 Å². The SMILES string of the molecule is CC(=O)NCCN(C)CC(=O)Nc1ccc(Br)cc1C. The lowest BCUT2D eigenvalue weighted by molar-refractivity contribution is -0.118. The van der Waals surface area contributed by atoms with Crippen LogP contribution in [0.3, 0.4) is 0 Å². The van der Waals surface area contributed by atoms with Crippen LogP contribution in [0.25, 0.3) is 0 Å². The van der Waals surface area contributed by atoms with Crippen molar-refractivity contribution in [1.29, 1.82) is 0 Å². The molecule has 0 fully saturated rings. The summed E-state index contributed by atoms with van der Waals surface area (Å²) in [7, 11) is 1.84. The quantitative estimate of drug-likeness (QED) is 0.828. The smallest absolute Gasteiger partial charge is 0.238 e. The molecule has 0 spiro atoms. The molecule has 0 aliphatic heterocycles. The van der Waals surface area contributed by atoms with E-state index in [1.807, 2.05) is 37.1 Å². The maximum Gasteiger partial charge on any atom is 0.238 e. The number of hydrogen-bond acceptors (Lipinski definition) is 3. The van der Waals surface area contributed by atoms with Crippen molar-refractivity contribution >= 4 is 33.4 Å². The lowest BCUT2D eigenvalue weighted by Gasteiger charge is -2.17. The van der Waals surface area contributed by atoms with E-state index in [9.17, 15) is 9.59 Å². The molecule has 1 aromatic carbocycles. The van der Waals surface area contributed by atoms with Crippen LogP contribution in [0.1, 0.15) is 12.5 Å². The fourth-order valence-corrected chi connectivity index (χ4v) is 2.18. The molecule has 0 saturated carbocycles. The van der Waals surface area contributed by atoms with E-state index >= 15 is 0 Å². The van der Waals surface area contributed by atoms with Crippen LogP contribution in [-0.2, 0) is 9.59 Å². The summed E-state index contributed by atoms with van der Waals surface area (Å²) < 4.78 is 0.987. The Kier molecular flexibility index (Phi) is 6.67. The van der Waals surface area contributed by atoms with Gasteiger partial charge >= 0.3 is 0 Å². The van der Waals surface area contributed by atoms with Crippen molar-refractivity contribution in [2.75, 3.05) is 32.0 Å². The number of amides is 2. The molecule has 6 heteroatoms. The van der Waals surface area contributed by atoms with Gasteiger partial charge in [0.25, 0.3) is 0 Å². The van der Waals surface area contributed by atoms with Crippen LogP contribution in [0, 0.1) is 6.92 Å². The summed E-state index contributed by atoms with van der Waals surface area (Å²) in [4.78, 5) is 24.5. The largest absolute Gasteiger partial charge is 0.355 e. The van der Waals surface area contributed by atoms with E-state index in [0.29, 0.717) is 13.1 Å². The zero-order chi connectivity index (χ0) is 15.1. The standard InChI is InChI=1S/C14H20BrN3O2/c1-10-8-12(15)4-5-13(10)17-14(20)9-18(3)7-6-16-11(2)19/h4-5,8H,6-7,9H2,1-3H3,(H,16,19)(H,17,20). The molecular formula is C14H20BrN3O2. The Bertz CT molecular complexity index is 491. The highest BCUT2D eigenvalue weighted by atomic mass is 79.9. The first-order valence-corrected chi connectivity index (χ1v) is 7.17. The highest BCUT2D eigenvalue weighted by Crippen LogP contribution is 2.19. The predicted octanol–water partition coefficient (Wildman–Crippen LogP) is 1.76. The number of aryl methyl sites for hydroxylation is 1. The number of rotatable bonds is 6. The molecule has 0 unspecified atom stereocenters. The number of carbonyl (C=O) groups excluding carboxylic acids is 2. The van der Waals surface area contributed by atoms with Crippen molar-refractivity contribution in [1.82, 2.24) is 10.2 Å². The molecule has 1 rings (SSSR count). The monoisotopic (exact) mass is 341 g/mol. The van der Waals surface area contributed by atoms with Crippen molar-refractivity contribution < 1.29 is 9.59 Å². The van der Waals surface area contributed by atoms with Gasteiger partial charge < -0.3 is 10.6 Å². The van der Waals surface area contributed by atoms with Gasteiger partial charge in [0.1, 0.15) is 0 Å². The van der Waals surface area contributed by atoms with Crippen molar-refractivity contribution in [3.8, 4) is 0 Å². The van der Waals surface area contributed by atoms with Gasteiger partial charge in [-0.2, -0.15) is 0 Å². The van der Waals surface area contributed by atoms with Gasteiger partial charge in [-0.25, -0.2) is 0 Å². The molecule has 110 valence electrons. The molecule has 1 aromatic rings. The van der Waals surface area contributed by atoms with Crippen LogP contribution < -0.4 is 10.6 Å². The molecule has 20 heavy (non-hydrogen) atoms. The van der Waals surface area contributed by atoms with Crippen LogP contribution >= 0.6 is 15.9 Å². The maximum atomic E-state index is 11.9. The van der Waals surface area contributed by atoms with E-state index in [0.717, 1.165) is 15.7 Å². The minimum atomic E-state index is -0.0688. The summed E-state index contributed by atoms with van der Waals surface area (Å²) in [5, 5.41) is 5.58.